The molecule has 0 aromatic heterocycles. The lowest BCUT2D eigenvalue weighted by molar-refractivity contribution is 0.483. The Balaban J connectivity index is 2.39. The summed E-state index contributed by atoms with van der Waals surface area (Å²) in [5.41, 5.74) is 9.81. The second-order valence-electron chi connectivity index (χ2n) is 4.93. The zero-order valence-electron chi connectivity index (χ0n) is 12.9. The maximum absolute atomic E-state index is 11.5. The van der Waals surface area contributed by atoms with Crippen LogP contribution in [0.2, 0.25) is 0 Å². The zero-order valence-corrected chi connectivity index (χ0v) is 13.7. The fourth-order valence-electron chi connectivity index (χ4n) is 1.82. The summed E-state index contributed by atoms with van der Waals surface area (Å²) in [4.78, 5) is 4.03. The van der Waals surface area contributed by atoms with Gasteiger partial charge in [0.15, 0.2) is 0 Å². The summed E-state index contributed by atoms with van der Waals surface area (Å²) < 4.78 is 32.5. The molecule has 0 saturated heterocycles. The van der Waals surface area contributed by atoms with E-state index in [2.05, 4.69) is 20.3 Å². The highest BCUT2D eigenvalue weighted by Crippen LogP contribution is 2.30. The molecule has 0 amide bonds. The first kappa shape index (κ1) is 17.4. The van der Waals surface area contributed by atoms with Crippen molar-refractivity contribution in [1.82, 2.24) is 0 Å². The SMILES string of the molecule is CN(C)c1ccc(N=Nc2ccc(N=[N+]=[N-])cc2)c(S(=O)(=O)O)c1. The van der Waals surface area contributed by atoms with Crippen LogP contribution in [0.5, 0.6) is 0 Å². The second-order valence-corrected chi connectivity index (χ2v) is 6.32. The van der Waals surface area contributed by atoms with Gasteiger partial charge in [0, 0.05) is 30.4 Å². The van der Waals surface area contributed by atoms with Gasteiger partial charge in [0.25, 0.3) is 10.1 Å². The fraction of sp³-hybridized carbons (Fsp3) is 0.143. The minimum atomic E-state index is -4.44. The van der Waals surface area contributed by atoms with E-state index >= 15 is 0 Å². The van der Waals surface area contributed by atoms with Gasteiger partial charge in [0.2, 0.25) is 0 Å². The maximum atomic E-state index is 11.5. The second kappa shape index (κ2) is 7.09. The van der Waals surface area contributed by atoms with Gasteiger partial charge in [-0.3, -0.25) is 4.55 Å². The minimum absolute atomic E-state index is 0.0159. The van der Waals surface area contributed by atoms with Crippen LogP contribution in [0.1, 0.15) is 0 Å². The number of azide groups is 1. The normalized spacial score (nSPS) is 11.3. The summed E-state index contributed by atoms with van der Waals surface area (Å²) >= 11 is 0. The van der Waals surface area contributed by atoms with E-state index in [1.165, 1.54) is 12.1 Å². The Morgan fingerprint density at radius 1 is 1.04 bits per heavy atom. The lowest BCUT2D eigenvalue weighted by Crippen LogP contribution is -2.09. The third-order valence-electron chi connectivity index (χ3n) is 3.02. The highest BCUT2D eigenvalue weighted by Gasteiger charge is 2.17. The topological polar surface area (TPSA) is 131 Å². The van der Waals surface area contributed by atoms with Crippen molar-refractivity contribution >= 4 is 32.9 Å². The van der Waals surface area contributed by atoms with Gasteiger partial charge in [-0.05, 0) is 35.9 Å². The first-order valence-corrected chi connectivity index (χ1v) is 8.11. The molecule has 2 aromatic carbocycles. The Morgan fingerprint density at radius 2 is 1.67 bits per heavy atom. The van der Waals surface area contributed by atoms with Gasteiger partial charge in [-0.1, -0.05) is 17.2 Å². The average Bonchev–Trinajstić information content (AvgIpc) is 2.53. The first-order valence-electron chi connectivity index (χ1n) is 6.67. The van der Waals surface area contributed by atoms with E-state index in [1.807, 2.05) is 0 Å². The van der Waals surface area contributed by atoms with E-state index in [0.29, 0.717) is 17.1 Å². The highest BCUT2D eigenvalue weighted by atomic mass is 32.2. The van der Waals surface area contributed by atoms with Gasteiger partial charge >= 0.3 is 0 Å². The fourth-order valence-corrected chi connectivity index (χ4v) is 2.46. The van der Waals surface area contributed by atoms with Gasteiger partial charge in [-0.25, -0.2) is 0 Å². The Hall–Kier alpha value is -2.94. The largest absolute Gasteiger partial charge is 0.378 e. The number of hydrogen-bond acceptors (Lipinski definition) is 6. The van der Waals surface area contributed by atoms with E-state index < -0.39 is 10.1 Å². The van der Waals surface area contributed by atoms with Crippen molar-refractivity contribution < 1.29 is 13.0 Å². The van der Waals surface area contributed by atoms with Crippen LogP contribution in [0.3, 0.4) is 0 Å². The summed E-state index contributed by atoms with van der Waals surface area (Å²) in [7, 11) is -0.952. The number of rotatable bonds is 5. The molecule has 0 atom stereocenters. The molecule has 0 unspecified atom stereocenters. The molecule has 0 aliphatic heterocycles. The summed E-state index contributed by atoms with van der Waals surface area (Å²) in [6.07, 6.45) is 0. The van der Waals surface area contributed by atoms with Crippen molar-refractivity contribution in [2.75, 3.05) is 19.0 Å². The summed E-state index contributed by atoms with van der Waals surface area (Å²) in [6, 6.07) is 10.7. The number of nitrogens with zero attached hydrogens (tertiary/aromatic N) is 6. The van der Waals surface area contributed by atoms with Gasteiger partial charge in [-0.15, -0.1) is 5.11 Å². The Kier molecular flexibility index (Phi) is 5.14. The Morgan fingerprint density at radius 3 is 2.21 bits per heavy atom. The molecule has 24 heavy (non-hydrogen) atoms. The smallest absolute Gasteiger partial charge is 0.296 e. The molecule has 0 heterocycles. The molecule has 0 aliphatic carbocycles. The third kappa shape index (κ3) is 4.29. The van der Waals surface area contributed by atoms with E-state index in [-0.39, 0.29) is 10.6 Å². The average molecular weight is 346 g/mol. The van der Waals surface area contributed by atoms with Crippen LogP contribution in [0.25, 0.3) is 10.4 Å². The minimum Gasteiger partial charge on any atom is -0.378 e. The maximum Gasteiger partial charge on any atom is 0.296 e. The molecule has 0 aliphatic rings. The van der Waals surface area contributed by atoms with Gasteiger partial charge < -0.3 is 4.90 Å². The van der Waals surface area contributed by atoms with Crippen LogP contribution < -0.4 is 4.90 Å². The third-order valence-corrected chi connectivity index (χ3v) is 3.90. The van der Waals surface area contributed by atoms with Crippen molar-refractivity contribution in [2.24, 2.45) is 15.3 Å². The predicted octanol–water partition coefficient (Wildman–Crippen LogP) is 4.36. The van der Waals surface area contributed by atoms with Gasteiger partial charge in [0.1, 0.15) is 10.6 Å². The molecule has 1 N–H and O–H groups in total. The van der Waals surface area contributed by atoms with Crippen LogP contribution >= 0.6 is 0 Å². The summed E-state index contributed by atoms with van der Waals surface area (Å²) in [5.74, 6) is 0. The van der Waals surface area contributed by atoms with Crippen molar-refractivity contribution in [3.8, 4) is 0 Å². The van der Waals surface area contributed by atoms with E-state index in [1.54, 1.807) is 49.3 Å². The molecule has 2 aromatic rings. The van der Waals surface area contributed by atoms with Crippen molar-refractivity contribution in [3.05, 3.63) is 52.9 Å². The predicted molar refractivity (Wildman–Crippen MR) is 90.0 cm³/mol. The first-order chi connectivity index (χ1) is 11.3. The molecule has 124 valence electrons. The number of hydrogen-bond donors (Lipinski definition) is 1. The van der Waals surface area contributed by atoms with E-state index in [9.17, 15) is 13.0 Å². The van der Waals surface area contributed by atoms with Crippen molar-refractivity contribution in [3.63, 3.8) is 0 Å². The highest BCUT2D eigenvalue weighted by molar-refractivity contribution is 7.86. The lowest BCUT2D eigenvalue weighted by atomic mass is 10.2. The van der Waals surface area contributed by atoms with Gasteiger partial charge in [0.05, 0.1) is 5.69 Å². The Labute approximate surface area is 138 Å². The molecule has 2 rings (SSSR count). The molecule has 10 heteroatoms. The lowest BCUT2D eigenvalue weighted by Gasteiger charge is -2.13. The molecule has 0 radical (unpaired) electrons. The summed E-state index contributed by atoms with van der Waals surface area (Å²) in [6.45, 7) is 0. The Bertz CT molecular complexity index is 916. The number of benzene rings is 2. The summed E-state index contributed by atoms with van der Waals surface area (Å²) in [5, 5.41) is 11.2. The molecule has 0 spiro atoms. The van der Waals surface area contributed by atoms with Crippen molar-refractivity contribution in [2.45, 2.75) is 4.90 Å². The molecular formula is C14H14N6O3S. The standard InChI is InChI=1S/C14H14N6O3S/c1-20(2)12-7-8-13(14(9-12)24(21,22)23)18-16-10-3-5-11(6-4-10)17-19-15/h3-9H,1-2H3,(H,21,22,23). The quantitative estimate of drug-likeness (QED) is 0.373. The van der Waals surface area contributed by atoms with Crippen LogP contribution in [0.15, 0.2) is 62.7 Å². The zero-order chi connectivity index (χ0) is 17.7. The van der Waals surface area contributed by atoms with Gasteiger partial charge in [-0.2, -0.15) is 13.5 Å². The van der Waals surface area contributed by atoms with Crippen LogP contribution in [0.4, 0.5) is 22.7 Å². The van der Waals surface area contributed by atoms with Crippen LogP contribution in [-0.4, -0.2) is 27.1 Å². The number of anilines is 1. The van der Waals surface area contributed by atoms with E-state index in [4.69, 9.17) is 5.53 Å². The molecular weight excluding hydrogens is 332 g/mol. The van der Waals surface area contributed by atoms with E-state index in [0.717, 1.165) is 0 Å². The van der Waals surface area contributed by atoms with Crippen LogP contribution in [-0.2, 0) is 10.1 Å². The molecule has 0 bridgehead atoms. The molecule has 0 saturated carbocycles. The monoisotopic (exact) mass is 346 g/mol. The molecule has 0 fully saturated rings. The van der Waals surface area contributed by atoms with Crippen molar-refractivity contribution in [1.29, 1.82) is 0 Å². The van der Waals surface area contributed by atoms with Crippen LogP contribution in [0, 0.1) is 0 Å². The number of azo groups is 1. The molecule has 9 nitrogen and oxygen atoms in total.